The molecular weight excluding hydrogens is 604 g/mol. The fourth-order valence-corrected chi connectivity index (χ4v) is 4.89. The standard InChI is InChI=1S/4C11H24O.CH4/c4*1-8(10(2,3)4)9(12)11(5,6)7;/h4*8-9,12H,1-7H3;1H4/t2*8-,9+;2*8-,9-;/m1010./s1. The van der Waals surface area contributed by atoms with E-state index in [-0.39, 0.29) is 75.2 Å². The quantitative estimate of drug-likeness (QED) is 0.235. The van der Waals surface area contributed by atoms with Crippen molar-refractivity contribution in [1.82, 2.24) is 0 Å². The molecule has 4 nitrogen and oxygen atoms in total. The molecule has 0 amide bonds. The van der Waals surface area contributed by atoms with Crippen LogP contribution in [0.1, 0.15) is 201 Å². The lowest BCUT2D eigenvalue weighted by molar-refractivity contribution is -0.0223. The first-order chi connectivity index (χ1) is 20.3. The van der Waals surface area contributed by atoms with Gasteiger partial charge in [0, 0.05) is 0 Å². The zero-order chi connectivity index (χ0) is 40.6. The van der Waals surface area contributed by atoms with Crippen LogP contribution in [0.5, 0.6) is 0 Å². The summed E-state index contributed by atoms with van der Waals surface area (Å²) in [5.41, 5.74) is 0.720. The molecule has 8 atom stereocenters. The monoisotopic (exact) mass is 705 g/mol. The Hall–Kier alpha value is -0.160. The topological polar surface area (TPSA) is 80.9 Å². The predicted octanol–water partition coefficient (Wildman–Crippen LogP) is 12.9. The van der Waals surface area contributed by atoms with Gasteiger partial charge in [-0.3, -0.25) is 0 Å². The summed E-state index contributed by atoms with van der Waals surface area (Å²) < 4.78 is 0. The molecule has 0 aliphatic carbocycles. The third-order valence-electron chi connectivity index (χ3n) is 10.9. The van der Waals surface area contributed by atoms with Crippen molar-refractivity contribution in [3.63, 3.8) is 0 Å². The van der Waals surface area contributed by atoms with E-state index in [1.54, 1.807) is 0 Å². The van der Waals surface area contributed by atoms with E-state index >= 15 is 0 Å². The second-order valence-electron chi connectivity index (χ2n) is 23.9. The first kappa shape index (κ1) is 58.2. The van der Waals surface area contributed by atoms with Crippen molar-refractivity contribution in [2.45, 2.75) is 226 Å². The fraction of sp³-hybridized carbons (Fsp3) is 1.00. The molecule has 0 saturated heterocycles. The number of aliphatic hydroxyl groups is 4. The molecule has 0 heterocycles. The van der Waals surface area contributed by atoms with Gasteiger partial charge in [0.05, 0.1) is 24.4 Å². The molecule has 0 rings (SSSR count). The van der Waals surface area contributed by atoms with Crippen molar-refractivity contribution in [3.05, 3.63) is 0 Å². The highest BCUT2D eigenvalue weighted by Gasteiger charge is 2.37. The summed E-state index contributed by atoms with van der Waals surface area (Å²) >= 11 is 0. The summed E-state index contributed by atoms with van der Waals surface area (Å²) in [4.78, 5) is 0. The zero-order valence-electron chi connectivity index (χ0n) is 38.4. The van der Waals surface area contributed by atoms with Gasteiger partial charge in [0.15, 0.2) is 0 Å². The lowest BCUT2D eigenvalue weighted by Crippen LogP contribution is -2.38. The van der Waals surface area contributed by atoms with Crippen molar-refractivity contribution in [2.24, 2.45) is 67.0 Å². The van der Waals surface area contributed by atoms with E-state index in [9.17, 15) is 20.4 Å². The maximum atomic E-state index is 9.99. The highest BCUT2D eigenvalue weighted by atomic mass is 16.3. The third kappa shape index (κ3) is 24.7. The SMILES string of the molecule is C.C[C@@H]([C@@H](O)C(C)(C)C)C(C)(C)C.C[C@@H]([C@H](O)C(C)(C)C)C(C)(C)C.C[C@H]([C@@H](O)C(C)(C)C)C(C)(C)C.C[C@H]([C@H](O)C(C)(C)C)C(C)(C)C. The Balaban J connectivity index is -0.000000174. The molecule has 4 heteroatoms. The fourth-order valence-electron chi connectivity index (χ4n) is 4.89. The van der Waals surface area contributed by atoms with Crippen molar-refractivity contribution in [2.75, 3.05) is 0 Å². The Bertz CT molecular complexity index is 616. The van der Waals surface area contributed by atoms with E-state index in [2.05, 4.69) is 194 Å². The van der Waals surface area contributed by atoms with E-state index in [1.807, 2.05) is 0 Å². The summed E-state index contributed by atoms with van der Waals surface area (Å²) in [6, 6.07) is 0. The van der Waals surface area contributed by atoms with Gasteiger partial charge >= 0.3 is 0 Å². The molecule has 0 aromatic rings. The van der Waals surface area contributed by atoms with Crippen molar-refractivity contribution < 1.29 is 20.4 Å². The predicted molar refractivity (Wildman–Crippen MR) is 223 cm³/mol. The van der Waals surface area contributed by atoms with Crippen LogP contribution in [0.25, 0.3) is 0 Å². The maximum absolute atomic E-state index is 9.99. The van der Waals surface area contributed by atoms with Gasteiger partial charge in [-0.2, -0.15) is 0 Å². The molecule has 4 N–H and O–H groups in total. The summed E-state index contributed by atoms with van der Waals surface area (Å²) in [5.74, 6) is 1.32. The van der Waals surface area contributed by atoms with E-state index in [1.165, 1.54) is 0 Å². The van der Waals surface area contributed by atoms with E-state index in [0.29, 0.717) is 23.7 Å². The number of aliphatic hydroxyl groups excluding tert-OH is 4. The minimum absolute atomic E-state index is 0. The highest BCUT2D eigenvalue weighted by Crippen LogP contribution is 2.38. The molecule has 304 valence electrons. The summed E-state index contributed by atoms with van der Waals surface area (Å²) in [6.07, 6.45) is -0.898. The van der Waals surface area contributed by atoms with Crippen LogP contribution in [0, 0.1) is 67.0 Å². The second-order valence-corrected chi connectivity index (χ2v) is 23.9. The van der Waals surface area contributed by atoms with Gasteiger partial charge in [-0.15, -0.1) is 0 Å². The lowest BCUT2D eigenvalue weighted by atomic mass is 9.71. The van der Waals surface area contributed by atoms with Crippen LogP contribution in [0.4, 0.5) is 0 Å². The molecule has 49 heavy (non-hydrogen) atoms. The summed E-state index contributed by atoms with van der Waals surface area (Å²) in [7, 11) is 0. The Morgan fingerprint density at radius 2 is 0.306 bits per heavy atom. The molecule has 0 aliphatic heterocycles. The Kier molecular flexibility index (Phi) is 24.1. The van der Waals surface area contributed by atoms with Gasteiger partial charge in [0.2, 0.25) is 0 Å². The minimum atomic E-state index is -0.225. The number of hydrogen-bond donors (Lipinski definition) is 4. The molecule has 0 aromatic carbocycles. The van der Waals surface area contributed by atoms with Gasteiger partial charge < -0.3 is 20.4 Å². The zero-order valence-corrected chi connectivity index (χ0v) is 38.4. The van der Waals surface area contributed by atoms with Crippen LogP contribution >= 0.6 is 0 Å². The smallest absolute Gasteiger partial charge is 0.0618 e. The van der Waals surface area contributed by atoms with Crippen molar-refractivity contribution >= 4 is 0 Å². The first-order valence-electron chi connectivity index (χ1n) is 19.0. The number of rotatable bonds is 4. The van der Waals surface area contributed by atoms with Crippen LogP contribution in [-0.4, -0.2) is 44.8 Å². The van der Waals surface area contributed by atoms with Crippen LogP contribution in [0.3, 0.4) is 0 Å². The van der Waals surface area contributed by atoms with Crippen molar-refractivity contribution in [3.8, 4) is 0 Å². The first-order valence-corrected chi connectivity index (χ1v) is 19.0. The molecule has 0 radical (unpaired) electrons. The molecule has 0 bridgehead atoms. The van der Waals surface area contributed by atoms with Crippen LogP contribution in [-0.2, 0) is 0 Å². The molecule has 0 unspecified atom stereocenters. The maximum Gasteiger partial charge on any atom is 0.0618 e. The average Bonchev–Trinajstić information content (AvgIpc) is 2.81. The van der Waals surface area contributed by atoms with Gasteiger partial charge in [0.1, 0.15) is 0 Å². The molecule has 0 fully saturated rings. The Labute approximate surface area is 312 Å². The van der Waals surface area contributed by atoms with E-state index in [0.717, 1.165) is 0 Å². The van der Waals surface area contributed by atoms with Crippen LogP contribution in [0.15, 0.2) is 0 Å². The van der Waals surface area contributed by atoms with E-state index < -0.39 is 0 Å². The largest absolute Gasteiger partial charge is 0.392 e. The van der Waals surface area contributed by atoms with Gasteiger partial charge in [0.25, 0.3) is 0 Å². The van der Waals surface area contributed by atoms with Crippen molar-refractivity contribution in [1.29, 1.82) is 0 Å². The van der Waals surface area contributed by atoms with Crippen LogP contribution in [0.2, 0.25) is 0 Å². The molecule has 0 spiro atoms. The minimum Gasteiger partial charge on any atom is -0.392 e. The van der Waals surface area contributed by atoms with Gasteiger partial charge in [-0.1, -0.05) is 201 Å². The molecule has 0 aliphatic rings. The second kappa shape index (κ2) is 20.3. The van der Waals surface area contributed by atoms with Gasteiger partial charge in [-0.05, 0) is 67.0 Å². The molecular formula is C45H100O4. The molecule has 0 aromatic heterocycles. The van der Waals surface area contributed by atoms with Gasteiger partial charge in [-0.25, -0.2) is 0 Å². The average molecular weight is 705 g/mol. The highest BCUT2D eigenvalue weighted by molar-refractivity contribution is 4.86. The Morgan fingerprint density at radius 1 is 0.224 bits per heavy atom. The van der Waals surface area contributed by atoms with E-state index in [4.69, 9.17) is 0 Å². The van der Waals surface area contributed by atoms with Crippen LogP contribution < -0.4 is 0 Å². The Morgan fingerprint density at radius 3 is 0.327 bits per heavy atom. The molecule has 0 saturated carbocycles. The normalized spacial score (nSPS) is 18.6. The summed E-state index contributed by atoms with van der Waals surface area (Å²) in [6.45, 7) is 59.6. The lowest BCUT2D eigenvalue weighted by Gasteiger charge is -2.38. The third-order valence-corrected chi connectivity index (χ3v) is 10.9. The summed E-state index contributed by atoms with van der Waals surface area (Å²) in [5, 5.41) is 40.0. The number of hydrogen-bond acceptors (Lipinski definition) is 4.